The highest BCUT2D eigenvalue weighted by atomic mass is 15.3. The van der Waals surface area contributed by atoms with E-state index in [2.05, 4.69) is 66.1 Å². The second kappa shape index (κ2) is 6.51. The molecule has 27 heavy (non-hydrogen) atoms. The van der Waals surface area contributed by atoms with Crippen molar-refractivity contribution in [2.45, 2.75) is 0 Å². The van der Waals surface area contributed by atoms with Gasteiger partial charge in [0.15, 0.2) is 0 Å². The van der Waals surface area contributed by atoms with Crippen molar-refractivity contribution in [3.8, 4) is 17.1 Å². The van der Waals surface area contributed by atoms with Gasteiger partial charge in [-0.05, 0) is 49.5 Å². The molecular formula is C20H21N7. The minimum Gasteiger partial charge on any atom is -0.369 e. The maximum absolute atomic E-state index is 4.58. The van der Waals surface area contributed by atoms with E-state index in [4.69, 9.17) is 0 Å². The molecule has 2 aromatic heterocycles. The Morgan fingerprint density at radius 2 is 1.59 bits per heavy atom. The molecule has 1 saturated heterocycles. The minimum atomic E-state index is 0.845. The predicted octanol–water partition coefficient (Wildman–Crippen LogP) is 2.56. The third-order valence-corrected chi connectivity index (χ3v) is 5.21. The molecule has 1 N–H and O–H groups in total. The monoisotopic (exact) mass is 359 g/mol. The normalized spacial score (nSPS) is 15.5. The summed E-state index contributed by atoms with van der Waals surface area (Å²) in [5.74, 6) is 0.919. The number of H-pyrrole nitrogens is 1. The Kier molecular flexibility index (Phi) is 3.86. The lowest BCUT2D eigenvalue weighted by Gasteiger charge is -2.34. The molecule has 4 aromatic rings. The number of rotatable bonds is 3. The number of nitrogens with zero attached hydrogens (tertiary/aromatic N) is 6. The van der Waals surface area contributed by atoms with E-state index < -0.39 is 0 Å². The highest BCUT2D eigenvalue weighted by molar-refractivity contribution is 5.76. The van der Waals surface area contributed by atoms with E-state index in [0.29, 0.717) is 0 Å². The lowest BCUT2D eigenvalue weighted by molar-refractivity contribution is 0.313. The Labute approximate surface area is 157 Å². The van der Waals surface area contributed by atoms with Crippen LogP contribution in [0.2, 0.25) is 0 Å². The Bertz CT molecular complexity index is 1060. The first-order valence-corrected chi connectivity index (χ1v) is 9.16. The van der Waals surface area contributed by atoms with Crippen molar-refractivity contribution >= 4 is 16.7 Å². The molecule has 1 fully saturated rings. The first kappa shape index (κ1) is 16.0. The van der Waals surface area contributed by atoms with Crippen molar-refractivity contribution in [1.82, 2.24) is 29.9 Å². The molecule has 7 nitrogen and oxygen atoms in total. The fraction of sp³-hybridized carbons (Fsp3) is 0.250. The molecule has 1 aliphatic rings. The quantitative estimate of drug-likeness (QED) is 0.609. The maximum atomic E-state index is 4.58. The maximum Gasteiger partial charge on any atom is 0.144 e. The third-order valence-electron chi connectivity index (χ3n) is 5.21. The molecule has 0 amide bonds. The molecule has 3 heterocycles. The summed E-state index contributed by atoms with van der Waals surface area (Å²) in [6.07, 6.45) is 3.81. The van der Waals surface area contributed by atoms with Crippen molar-refractivity contribution in [2.75, 3.05) is 38.1 Å². The molecule has 0 unspecified atom stereocenters. The SMILES string of the molecule is CN1CCN(c2ccc(-c3nccn3-c3ccc4n[nH]nc4c3)cc2)CC1. The number of aromatic amines is 1. The molecule has 7 heteroatoms. The van der Waals surface area contributed by atoms with E-state index in [1.165, 1.54) is 5.69 Å². The van der Waals surface area contributed by atoms with Crippen molar-refractivity contribution < 1.29 is 0 Å². The van der Waals surface area contributed by atoms with Crippen molar-refractivity contribution in [3.63, 3.8) is 0 Å². The van der Waals surface area contributed by atoms with Gasteiger partial charge in [0.25, 0.3) is 0 Å². The Balaban J connectivity index is 1.44. The average Bonchev–Trinajstić information content (AvgIpc) is 3.37. The predicted molar refractivity (Wildman–Crippen MR) is 106 cm³/mol. The van der Waals surface area contributed by atoms with E-state index in [9.17, 15) is 0 Å². The van der Waals surface area contributed by atoms with Crippen LogP contribution in [0.15, 0.2) is 54.9 Å². The van der Waals surface area contributed by atoms with Crippen molar-refractivity contribution in [1.29, 1.82) is 0 Å². The number of imidazole rings is 1. The van der Waals surface area contributed by atoms with Crippen LogP contribution in [0.4, 0.5) is 5.69 Å². The number of anilines is 1. The summed E-state index contributed by atoms with van der Waals surface area (Å²) in [5.41, 5.74) is 5.09. The molecule has 136 valence electrons. The zero-order valence-electron chi connectivity index (χ0n) is 15.2. The molecule has 5 rings (SSSR count). The van der Waals surface area contributed by atoms with Gasteiger partial charge >= 0.3 is 0 Å². The summed E-state index contributed by atoms with van der Waals surface area (Å²) in [6.45, 7) is 4.36. The summed E-state index contributed by atoms with van der Waals surface area (Å²) in [5, 5.41) is 11.0. The van der Waals surface area contributed by atoms with E-state index in [0.717, 1.165) is 54.3 Å². The molecule has 0 bridgehead atoms. The first-order chi connectivity index (χ1) is 13.3. The van der Waals surface area contributed by atoms with Gasteiger partial charge in [0.1, 0.15) is 16.9 Å². The van der Waals surface area contributed by atoms with Crippen LogP contribution in [0, 0.1) is 0 Å². The Hall–Kier alpha value is -3.19. The van der Waals surface area contributed by atoms with Crippen LogP contribution >= 0.6 is 0 Å². The van der Waals surface area contributed by atoms with Gasteiger partial charge in [0.2, 0.25) is 0 Å². The van der Waals surface area contributed by atoms with Gasteiger partial charge in [0.05, 0.1) is 0 Å². The van der Waals surface area contributed by atoms with Crippen LogP contribution in [-0.2, 0) is 0 Å². The van der Waals surface area contributed by atoms with Gasteiger partial charge in [-0.1, -0.05) is 0 Å². The fourth-order valence-electron chi connectivity index (χ4n) is 3.59. The Morgan fingerprint density at radius 1 is 0.852 bits per heavy atom. The van der Waals surface area contributed by atoms with E-state index in [-0.39, 0.29) is 0 Å². The highest BCUT2D eigenvalue weighted by Gasteiger charge is 2.15. The molecule has 1 aliphatic heterocycles. The second-order valence-corrected chi connectivity index (χ2v) is 6.95. The lowest BCUT2D eigenvalue weighted by Crippen LogP contribution is -2.44. The highest BCUT2D eigenvalue weighted by Crippen LogP contribution is 2.26. The molecule has 0 saturated carbocycles. The zero-order chi connectivity index (χ0) is 18.2. The van der Waals surface area contributed by atoms with Gasteiger partial charge in [-0.2, -0.15) is 15.4 Å². The average molecular weight is 359 g/mol. The molecule has 0 atom stereocenters. The minimum absolute atomic E-state index is 0.845. The number of nitrogens with one attached hydrogen (secondary N) is 1. The van der Waals surface area contributed by atoms with Crippen LogP contribution in [-0.4, -0.2) is 63.1 Å². The number of hydrogen-bond acceptors (Lipinski definition) is 5. The van der Waals surface area contributed by atoms with Crippen molar-refractivity contribution in [3.05, 3.63) is 54.9 Å². The largest absolute Gasteiger partial charge is 0.369 e. The molecule has 0 radical (unpaired) electrons. The summed E-state index contributed by atoms with van der Waals surface area (Å²) in [7, 11) is 2.18. The topological polar surface area (TPSA) is 65.9 Å². The standard InChI is InChI=1S/C20H21N7/c1-25-10-12-26(13-11-25)16-4-2-15(3-5-16)20-21-8-9-27(20)17-6-7-18-19(14-17)23-24-22-18/h2-9,14H,10-13H2,1H3,(H,22,23,24). The summed E-state index contributed by atoms with van der Waals surface area (Å²) >= 11 is 0. The van der Waals surface area contributed by atoms with Crippen LogP contribution in [0.25, 0.3) is 28.1 Å². The van der Waals surface area contributed by atoms with Gasteiger partial charge in [-0.3, -0.25) is 4.57 Å². The number of fused-ring (bicyclic) bond motifs is 1. The molecule has 0 aliphatic carbocycles. The Morgan fingerprint density at radius 3 is 2.41 bits per heavy atom. The van der Waals surface area contributed by atoms with Gasteiger partial charge in [-0.25, -0.2) is 4.98 Å². The molecule has 0 spiro atoms. The number of hydrogen-bond donors (Lipinski definition) is 1. The smallest absolute Gasteiger partial charge is 0.144 e. The third kappa shape index (κ3) is 2.96. The van der Waals surface area contributed by atoms with Crippen molar-refractivity contribution in [2.24, 2.45) is 0 Å². The summed E-state index contributed by atoms with van der Waals surface area (Å²) in [6, 6.07) is 14.7. The number of benzene rings is 2. The van der Waals surface area contributed by atoms with E-state index >= 15 is 0 Å². The van der Waals surface area contributed by atoms with Gasteiger partial charge in [-0.15, -0.1) is 0 Å². The van der Waals surface area contributed by atoms with Crippen LogP contribution in [0.3, 0.4) is 0 Å². The number of likely N-dealkylation sites (N-methyl/N-ethyl adjacent to an activating group) is 1. The number of piperazine rings is 1. The van der Waals surface area contributed by atoms with E-state index in [1.807, 2.05) is 30.6 Å². The molecular weight excluding hydrogens is 338 g/mol. The van der Waals surface area contributed by atoms with Crippen LogP contribution < -0.4 is 4.90 Å². The summed E-state index contributed by atoms with van der Waals surface area (Å²) in [4.78, 5) is 9.39. The molecule has 2 aromatic carbocycles. The van der Waals surface area contributed by atoms with Gasteiger partial charge < -0.3 is 9.80 Å². The first-order valence-electron chi connectivity index (χ1n) is 9.16. The lowest BCUT2D eigenvalue weighted by atomic mass is 10.1. The van der Waals surface area contributed by atoms with Crippen LogP contribution in [0.5, 0.6) is 0 Å². The van der Waals surface area contributed by atoms with Crippen LogP contribution in [0.1, 0.15) is 0 Å². The summed E-state index contributed by atoms with van der Waals surface area (Å²) < 4.78 is 2.08. The van der Waals surface area contributed by atoms with Gasteiger partial charge in [0, 0.05) is 55.5 Å². The number of aromatic nitrogens is 5. The second-order valence-electron chi connectivity index (χ2n) is 6.95. The van der Waals surface area contributed by atoms with E-state index in [1.54, 1.807) is 0 Å². The fourth-order valence-corrected chi connectivity index (χ4v) is 3.59. The zero-order valence-corrected chi connectivity index (χ0v) is 15.2.